The van der Waals surface area contributed by atoms with Gasteiger partial charge in [-0.1, -0.05) is 56.3 Å². The lowest BCUT2D eigenvalue weighted by atomic mass is 10.0. The smallest absolute Gasteiger partial charge is 0.159 e. The fraction of sp³-hybridized carbons (Fsp3) is 0.316. The molecule has 0 unspecified atom stereocenters. The third kappa shape index (κ3) is 4.45. The van der Waals surface area contributed by atoms with Crippen LogP contribution in [0.15, 0.2) is 48.5 Å². The quantitative estimate of drug-likeness (QED) is 0.720. The molecule has 2 heteroatoms. The molecule has 2 aromatic carbocycles. The van der Waals surface area contributed by atoms with Crippen molar-refractivity contribution >= 4 is 5.78 Å². The predicted octanol–water partition coefficient (Wildman–Crippen LogP) is 4.67. The van der Waals surface area contributed by atoms with Crippen LogP contribution in [0.5, 0.6) is 5.75 Å². The van der Waals surface area contributed by atoms with Crippen molar-refractivity contribution in [3.63, 3.8) is 0 Å². The van der Waals surface area contributed by atoms with Crippen molar-refractivity contribution in [2.75, 3.05) is 0 Å². The predicted molar refractivity (Wildman–Crippen MR) is 85.8 cm³/mol. The Morgan fingerprint density at radius 1 is 1.05 bits per heavy atom. The molecule has 110 valence electrons. The lowest BCUT2D eigenvalue weighted by molar-refractivity contribution is 0.101. The summed E-state index contributed by atoms with van der Waals surface area (Å²) >= 11 is 0. The first-order valence-corrected chi connectivity index (χ1v) is 7.37. The van der Waals surface area contributed by atoms with Gasteiger partial charge in [0.15, 0.2) is 5.78 Å². The highest BCUT2D eigenvalue weighted by Gasteiger charge is 2.06. The number of ketones is 1. The summed E-state index contributed by atoms with van der Waals surface area (Å²) in [6, 6.07) is 15.8. The first kappa shape index (κ1) is 15.3. The molecule has 0 aliphatic heterocycles. The highest BCUT2D eigenvalue weighted by Crippen LogP contribution is 2.22. The van der Waals surface area contributed by atoms with E-state index in [1.165, 1.54) is 5.56 Å². The third-order valence-electron chi connectivity index (χ3n) is 3.36. The van der Waals surface area contributed by atoms with Gasteiger partial charge in [0.05, 0.1) is 0 Å². The number of para-hydroxylation sites is 1. The minimum Gasteiger partial charge on any atom is -0.489 e. The van der Waals surface area contributed by atoms with Gasteiger partial charge in [-0.25, -0.2) is 0 Å². The number of carbonyl (C=O) groups is 1. The van der Waals surface area contributed by atoms with Crippen LogP contribution in [0, 0.1) is 5.92 Å². The van der Waals surface area contributed by atoms with Gasteiger partial charge in [-0.2, -0.15) is 0 Å². The Kier molecular flexibility index (Phi) is 5.15. The second kappa shape index (κ2) is 7.07. The number of carbonyl (C=O) groups excluding carboxylic acids is 1. The summed E-state index contributed by atoms with van der Waals surface area (Å²) in [5.41, 5.74) is 3.05. The van der Waals surface area contributed by atoms with Crippen LogP contribution in [-0.2, 0) is 13.0 Å². The lowest BCUT2D eigenvalue weighted by Gasteiger charge is -2.13. The highest BCUT2D eigenvalue weighted by molar-refractivity contribution is 5.93. The monoisotopic (exact) mass is 282 g/mol. The molecular formula is C19H22O2. The summed E-state index contributed by atoms with van der Waals surface area (Å²) < 4.78 is 5.94. The van der Waals surface area contributed by atoms with Gasteiger partial charge in [-0.3, -0.25) is 4.79 Å². The topological polar surface area (TPSA) is 26.3 Å². The van der Waals surface area contributed by atoms with Crippen molar-refractivity contribution in [1.82, 2.24) is 0 Å². The molecule has 0 aromatic heterocycles. The number of hydrogen-bond donors (Lipinski definition) is 0. The number of hydrogen-bond acceptors (Lipinski definition) is 2. The molecule has 0 aliphatic carbocycles. The fourth-order valence-electron chi connectivity index (χ4n) is 2.25. The van der Waals surface area contributed by atoms with Crippen molar-refractivity contribution in [3.05, 3.63) is 65.2 Å². The Hall–Kier alpha value is -2.09. The van der Waals surface area contributed by atoms with Crippen LogP contribution in [-0.4, -0.2) is 5.78 Å². The highest BCUT2D eigenvalue weighted by atomic mass is 16.5. The maximum absolute atomic E-state index is 11.3. The van der Waals surface area contributed by atoms with Gasteiger partial charge >= 0.3 is 0 Å². The number of benzene rings is 2. The second-order valence-electron chi connectivity index (χ2n) is 5.75. The summed E-state index contributed by atoms with van der Waals surface area (Å²) in [5, 5.41) is 0. The molecule has 0 saturated carbocycles. The maximum Gasteiger partial charge on any atom is 0.159 e. The molecular weight excluding hydrogens is 260 g/mol. The molecule has 0 spiro atoms. The van der Waals surface area contributed by atoms with E-state index in [-0.39, 0.29) is 5.78 Å². The van der Waals surface area contributed by atoms with E-state index in [1.807, 2.05) is 42.5 Å². The average Bonchev–Trinajstić information content (AvgIpc) is 2.46. The van der Waals surface area contributed by atoms with Gasteiger partial charge in [-0.05, 0) is 36.5 Å². The van der Waals surface area contributed by atoms with E-state index in [4.69, 9.17) is 4.74 Å². The van der Waals surface area contributed by atoms with Crippen molar-refractivity contribution in [1.29, 1.82) is 0 Å². The molecule has 0 saturated heterocycles. The van der Waals surface area contributed by atoms with Gasteiger partial charge in [0, 0.05) is 5.56 Å². The van der Waals surface area contributed by atoms with E-state index in [2.05, 4.69) is 19.9 Å². The molecule has 2 rings (SSSR count). The van der Waals surface area contributed by atoms with Crippen molar-refractivity contribution < 1.29 is 9.53 Å². The van der Waals surface area contributed by atoms with Gasteiger partial charge < -0.3 is 4.74 Å². The number of rotatable bonds is 6. The van der Waals surface area contributed by atoms with Gasteiger partial charge in [0.1, 0.15) is 12.4 Å². The van der Waals surface area contributed by atoms with Crippen molar-refractivity contribution in [2.24, 2.45) is 5.92 Å². The van der Waals surface area contributed by atoms with Crippen molar-refractivity contribution in [2.45, 2.75) is 33.8 Å². The molecule has 0 radical (unpaired) electrons. The zero-order valence-corrected chi connectivity index (χ0v) is 12.9. The van der Waals surface area contributed by atoms with Gasteiger partial charge in [-0.15, -0.1) is 0 Å². The zero-order chi connectivity index (χ0) is 15.2. The molecule has 21 heavy (non-hydrogen) atoms. The van der Waals surface area contributed by atoms with Crippen LogP contribution < -0.4 is 4.74 Å². The van der Waals surface area contributed by atoms with Crippen LogP contribution in [0.25, 0.3) is 0 Å². The Labute approximate surface area is 126 Å². The summed E-state index contributed by atoms with van der Waals surface area (Å²) in [6.45, 7) is 6.51. The molecule has 0 heterocycles. The Morgan fingerprint density at radius 2 is 1.71 bits per heavy atom. The van der Waals surface area contributed by atoms with E-state index >= 15 is 0 Å². The Balaban J connectivity index is 2.04. The minimum absolute atomic E-state index is 0.0877. The maximum atomic E-state index is 11.3. The molecule has 0 atom stereocenters. The van der Waals surface area contributed by atoms with E-state index in [9.17, 15) is 4.79 Å². The van der Waals surface area contributed by atoms with Gasteiger partial charge in [0.2, 0.25) is 0 Å². The normalized spacial score (nSPS) is 10.7. The number of ether oxygens (including phenoxy) is 1. The molecule has 2 aromatic rings. The standard InChI is InChI=1S/C19H22O2/c1-14(2)12-18-6-4-5-7-19(18)21-13-16-8-10-17(11-9-16)15(3)20/h4-11,14H,12-13H2,1-3H3. The molecule has 0 fully saturated rings. The van der Waals surface area contributed by atoms with Gasteiger partial charge in [0.25, 0.3) is 0 Å². The molecule has 0 N–H and O–H groups in total. The Bertz CT molecular complexity index is 597. The molecule has 0 amide bonds. The molecule has 0 bridgehead atoms. The van der Waals surface area contributed by atoms with Crippen LogP contribution in [0.2, 0.25) is 0 Å². The molecule has 2 nitrogen and oxygen atoms in total. The van der Waals surface area contributed by atoms with E-state index < -0.39 is 0 Å². The molecule has 0 aliphatic rings. The average molecular weight is 282 g/mol. The minimum atomic E-state index is 0.0877. The summed E-state index contributed by atoms with van der Waals surface area (Å²) in [7, 11) is 0. The first-order chi connectivity index (χ1) is 10.1. The number of Topliss-reactive ketones (excluding diaryl/α,β-unsaturated/α-hetero) is 1. The zero-order valence-electron chi connectivity index (χ0n) is 12.9. The van der Waals surface area contributed by atoms with E-state index in [0.29, 0.717) is 12.5 Å². The first-order valence-electron chi connectivity index (χ1n) is 7.37. The fourth-order valence-corrected chi connectivity index (χ4v) is 2.25. The van der Waals surface area contributed by atoms with Crippen LogP contribution >= 0.6 is 0 Å². The summed E-state index contributed by atoms with van der Waals surface area (Å²) in [4.78, 5) is 11.3. The second-order valence-corrected chi connectivity index (χ2v) is 5.75. The van der Waals surface area contributed by atoms with E-state index in [1.54, 1.807) is 6.92 Å². The van der Waals surface area contributed by atoms with Crippen LogP contribution in [0.4, 0.5) is 0 Å². The third-order valence-corrected chi connectivity index (χ3v) is 3.36. The summed E-state index contributed by atoms with van der Waals surface area (Å²) in [5.74, 6) is 1.64. The Morgan fingerprint density at radius 3 is 2.33 bits per heavy atom. The van der Waals surface area contributed by atoms with E-state index in [0.717, 1.165) is 23.3 Å². The SMILES string of the molecule is CC(=O)c1ccc(COc2ccccc2CC(C)C)cc1. The van der Waals surface area contributed by atoms with Crippen LogP contribution in [0.1, 0.15) is 42.3 Å². The van der Waals surface area contributed by atoms with Crippen LogP contribution in [0.3, 0.4) is 0 Å². The summed E-state index contributed by atoms with van der Waals surface area (Å²) in [6.07, 6.45) is 1.01. The largest absolute Gasteiger partial charge is 0.489 e. The van der Waals surface area contributed by atoms with Crippen molar-refractivity contribution in [3.8, 4) is 5.75 Å². The lowest BCUT2D eigenvalue weighted by Crippen LogP contribution is -2.01.